The van der Waals surface area contributed by atoms with Crippen molar-refractivity contribution in [3.8, 4) is 0 Å². The van der Waals surface area contributed by atoms with Crippen molar-refractivity contribution in [2.24, 2.45) is 11.8 Å². The molecule has 3 aliphatic rings. The maximum absolute atomic E-state index is 9.18. The van der Waals surface area contributed by atoms with Crippen LogP contribution in [0.25, 0.3) is 0 Å². The van der Waals surface area contributed by atoms with Gasteiger partial charge in [0.15, 0.2) is 0 Å². The highest BCUT2D eigenvalue weighted by atomic mass is 16.5. The lowest BCUT2D eigenvalue weighted by molar-refractivity contribution is 0.113. The summed E-state index contributed by atoms with van der Waals surface area (Å²) in [7, 11) is 0. The molecule has 3 rings (SSSR count). The molecule has 0 spiro atoms. The van der Waals surface area contributed by atoms with E-state index in [1.54, 1.807) is 0 Å². The summed E-state index contributed by atoms with van der Waals surface area (Å²) in [5.74, 6) is 7.55. The molecule has 1 unspecified atom stereocenters. The second kappa shape index (κ2) is 5.53. The molecule has 1 saturated heterocycles. The zero-order valence-corrected chi connectivity index (χ0v) is 11.3. The molecule has 0 aromatic carbocycles. The van der Waals surface area contributed by atoms with Crippen LogP contribution in [0, 0.1) is 5.92 Å². The molecule has 0 aromatic heterocycles. The number of hydrogen-bond donors (Lipinski definition) is 2. The van der Waals surface area contributed by atoms with E-state index >= 15 is 0 Å². The highest BCUT2D eigenvalue weighted by Gasteiger charge is 2.30. The average molecular weight is 265 g/mol. The van der Waals surface area contributed by atoms with Gasteiger partial charge in [-0.05, 0) is 31.3 Å². The van der Waals surface area contributed by atoms with Crippen molar-refractivity contribution in [3.05, 3.63) is 23.1 Å². The quantitative estimate of drug-likeness (QED) is 0.709. The highest BCUT2D eigenvalue weighted by molar-refractivity contribution is 5.33. The third kappa shape index (κ3) is 2.63. The van der Waals surface area contributed by atoms with Crippen molar-refractivity contribution in [2.45, 2.75) is 19.3 Å². The van der Waals surface area contributed by atoms with E-state index in [2.05, 4.69) is 11.0 Å². The lowest BCUT2D eigenvalue weighted by Crippen LogP contribution is -2.37. The Morgan fingerprint density at radius 1 is 1.37 bits per heavy atom. The third-order valence-electron chi connectivity index (χ3n) is 4.39. The van der Waals surface area contributed by atoms with Crippen molar-refractivity contribution in [3.63, 3.8) is 0 Å². The number of fused-ring (bicyclic) bond motifs is 1. The predicted molar refractivity (Wildman–Crippen MR) is 72.8 cm³/mol. The number of rotatable bonds is 2. The van der Waals surface area contributed by atoms with E-state index in [4.69, 9.17) is 10.6 Å². The Morgan fingerprint density at radius 2 is 2.26 bits per heavy atom. The number of aliphatic hydroxyl groups is 1. The summed E-state index contributed by atoms with van der Waals surface area (Å²) in [6.45, 7) is 4.42. The average Bonchev–Trinajstić information content (AvgIpc) is 2.60. The fraction of sp³-hybridized carbons (Fsp3) is 0.714. The van der Waals surface area contributed by atoms with Crippen LogP contribution in [-0.2, 0) is 4.74 Å². The second-order valence-electron chi connectivity index (χ2n) is 5.57. The Balaban J connectivity index is 1.82. The molecule has 0 bridgehead atoms. The molecule has 5 nitrogen and oxygen atoms in total. The number of nitrogens with zero attached hydrogens (tertiary/aromatic N) is 2. The van der Waals surface area contributed by atoms with Crippen LogP contribution in [0.15, 0.2) is 23.1 Å². The van der Waals surface area contributed by atoms with E-state index < -0.39 is 0 Å². The van der Waals surface area contributed by atoms with Gasteiger partial charge in [-0.25, -0.2) is 5.01 Å². The Morgan fingerprint density at radius 3 is 3.11 bits per heavy atom. The number of ether oxygens (including phenoxy) is 1. The topological polar surface area (TPSA) is 62.0 Å². The zero-order chi connectivity index (χ0) is 13.2. The van der Waals surface area contributed by atoms with Crippen LogP contribution in [0.5, 0.6) is 0 Å². The predicted octanol–water partition coefficient (Wildman–Crippen LogP) is 0.438. The number of allylic oxidation sites excluding steroid dienone is 2. The summed E-state index contributed by atoms with van der Waals surface area (Å²) in [6, 6.07) is 0. The number of hydrazine groups is 1. The molecule has 1 fully saturated rings. The Bertz CT molecular complexity index is 405. The first-order chi connectivity index (χ1) is 9.28. The van der Waals surface area contributed by atoms with E-state index in [-0.39, 0.29) is 6.61 Å². The van der Waals surface area contributed by atoms with Gasteiger partial charge in [-0.15, -0.1) is 0 Å². The SMILES string of the molecule is NN1CCC2=CC3=C(CC2CC1)N(CCO)CCO3. The van der Waals surface area contributed by atoms with E-state index in [0.29, 0.717) is 12.5 Å². The van der Waals surface area contributed by atoms with E-state index in [1.807, 2.05) is 5.01 Å². The van der Waals surface area contributed by atoms with Gasteiger partial charge in [0.1, 0.15) is 12.4 Å². The molecule has 1 atom stereocenters. The van der Waals surface area contributed by atoms with Crippen LogP contribution in [0.3, 0.4) is 0 Å². The molecule has 1 aliphatic carbocycles. The molecule has 2 heterocycles. The first-order valence-electron chi connectivity index (χ1n) is 7.20. The van der Waals surface area contributed by atoms with Crippen LogP contribution in [0.4, 0.5) is 0 Å². The number of hydrogen-bond acceptors (Lipinski definition) is 5. The van der Waals surface area contributed by atoms with Crippen LogP contribution in [0.2, 0.25) is 0 Å². The first-order valence-corrected chi connectivity index (χ1v) is 7.20. The van der Waals surface area contributed by atoms with Crippen LogP contribution in [0.1, 0.15) is 19.3 Å². The van der Waals surface area contributed by atoms with Gasteiger partial charge in [0.25, 0.3) is 0 Å². The maximum atomic E-state index is 9.18. The van der Waals surface area contributed by atoms with E-state index in [1.165, 1.54) is 11.3 Å². The lowest BCUT2D eigenvalue weighted by atomic mass is 9.85. The van der Waals surface area contributed by atoms with Crippen LogP contribution >= 0.6 is 0 Å². The van der Waals surface area contributed by atoms with Crippen molar-refractivity contribution in [1.29, 1.82) is 0 Å². The van der Waals surface area contributed by atoms with Crippen molar-refractivity contribution < 1.29 is 9.84 Å². The van der Waals surface area contributed by atoms with Gasteiger partial charge in [-0.1, -0.05) is 5.57 Å². The summed E-state index contributed by atoms with van der Waals surface area (Å²) in [5.41, 5.74) is 2.76. The number of nitrogens with two attached hydrogens (primary N) is 1. The van der Waals surface area contributed by atoms with Crippen LogP contribution in [-0.4, -0.2) is 54.4 Å². The molecular weight excluding hydrogens is 242 g/mol. The molecule has 0 radical (unpaired) electrons. The Hall–Kier alpha value is -1.04. The van der Waals surface area contributed by atoms with E-state index in [0.717, 1.165) is 51.3 Å². The zero-order valence-electron chi connectivity index (χ0n) is 11.3. The Kier molecular flexibility index (Phi) is 3.77. The van der Waals surface area contributed by atoms with Crippen LogP contribution < -0.4 is 5.84 Å². The summed E-state index contributed by atoms with van der Waals surface area (Å²) in [5, 5.41) is 11.1. The maximum Gasteiger partial charge on any atom is 0.138 e. The van der Waals surface area contributed by atoms with Gasteiger partial charge < -0.3 is 14.7 Å². The van der Waals surface area contributed by atoms with Crippen molar-refractivity contribution in [2.75, 3.05) is 39.4 Å². The minimum absolute atomic E-state index is 0.203. The van der Waals surface area contributed by atoms with E-state index in [9.17, 15) is 5.11 Å². The van der Waals surface area contributed by atoms with Crippen molar-refractivity contribution in [1.82, 2.24) is 9.91 Å². The minimum Gasteiger partial charge on any atom is -0.490 e. The molecule has 5 heteroatoms. The molecule has 0 amide bonds. The van der Waals surface area contributed by atoms with Gasteiger partial charge in [-0.2, -0.15) is 0 Å². The third-order valence-corrected chi connectivity index (χ3v) is 4.39. The smallest absolute Gasteiger partial charge is 0.138 e. The first kappa shape index (κ1) is 13.0. The minimum atomic E-state index is 0.203. The number of aliphatic hydroxyl groups excluding tert-OH is 1. The van der Waals surface area contributed by atoms with Gasteiger partial charge in [-0.3, -0.25) is 5.84 Å². The fourth-order valence-electron chi connectivity index (χ4n) is 3.28. The Labute approximate surface area is 114 Å². The monoisotopic (exact) mass is 265 g/mol. The lowest BCUT2D eigenvalue weighted by Gasteiger charge is -2.37. The molecule has 0 saturated carbocycles. The summed E-state index contributed by atoms with van der Waals surface area (Å²) >= 11 is 0. The summed E-state index contributed by atoms with van der Waals surface area (Å²) in [4.78, 5) is 2.28. The standard InChI is InChI=1S/C14H23N3O2/c15-17-3-1-11-9-13-14(10-12(11)2-4-17)19-8-6-16(13)5-7-18/h10-11,18H,1-9,15H2. The highest BCUT2D eigenvalue weighted by Crippen LogP contribution is 2.37. The van der Waals surface area contributed by atoms with Gasteiger partial charge >= 0.3 is 0 Å². The van der Waals surface area contributed by atoms with Crippen molar-refractivity contribution >= 4 is 0 Å². The molecule has 19 heavy (non-hydrogen) atoms. The normalized spacial score (nSPS) is 28.2. The van der Waals surface area contributed by atoms with Gasteiger partial charge in [0.2, 0.25) is 0 Å². The second-order valence-corrected chi connectivity index (χ2v) is 5.57. The molecule has 0 aromatic rings. The molecular formula is C14H23N3O2. The largest absolute Gasteiger partial charge is 0.490 e. The molecule has 3 N–H and O–H groups in total. The molecule has 106 valence electrons. The summed E-state index contributed by atoms with van der Waals surface area (Å²) < 4.78 is 5.81. The summed E-state index contributed by atoms with van der Waals surface area (Å²) in [6.07, 6.45) is 5.43. The van der Waals surface area contributed by atoms with Gasteiger partial charge in [0, 0.05) is 19.6 Å². The molecule has 2 aliphatic heterocycles. The number of β-amino-alcohol motifs (C(OH)–C–C–N with tert-alkyl or cyclic N) is 1. The fourth-order valence-corrected chi connectivity index (χ4v) is 3.28. The van der Waals surface area contributed by atoms with Gasteiger partial charge in [0.05, 0.1) is 18.8 Å².